The van der Waals surface area contributed by atoms with Gasteiger partial charge in [-0.25, -0.2) is 8.42 Å². The van der Waals surface area contributed by atoms with Gasteiger partial charge in [-0.1, -0.05) is 0 Å². The average Bonchev–Trinajstić information content (AvgIpc) is 3.01. The predicted octanol–water partition coefficient (Wildman–Crippen LogP) is 0.123. The molecule has 0 radical (unpaired) electrons. The summed E-state index contributed by atoms with van der Waals surface area (Å²) < 4.78 is 23.0. The number of hydrogen-bond acceptors (Lipinski definition) is 4. The second-order valence-corrected chi connectivity index (χ2v) is 8.07. The second kappa shape index (κ2) is 4.98. The predicted molar refractivity (Wildman–Crippen MR) is 78.2 cm³/mol. The molecule has 2 heterocycles. The van der Waals surface area contributed by atoms with Gasteiger partial charge < -0.3 is 9.88 Å². The van der Waals surface area contributed by atoms with Crippen molar-refractivity contribution in [3.05, 3.63) is 33.2 Å². The van der Waals surface area contributed by atoms with Crippen molar-refractivity contribution < 1.29 is 13.2 Å². The van der Waals surface area contributed by atoms with Crippen molar-refractivity contribution in [3.8, 4) is 0 Å². The average molecular weight is 310 g/mol. The highest BCUT2D eigenvalue weighted by Gasteiger charge is 2.34. The number of amides is 1. The van der Waals surface area contributed by atoms with Crippen molar-refractivity contribution in [2.24, 2.45) is 0 Å². The first-order valence-electron chi connectivity index (χ1n) is 7.10. The first-order valence-corrected chi connectivity index (χ1v) is 8.92. The van der Waals surface area contributed by atoms with Gasteiger partial charge in [-0.05, 0) is 37.3 Å². The van der Waals surface area contributed by atoms with Crippen LogP contribution in [0.1, 0.15) is 34.5 Å². The minimum atomic E-state index is -3.06. The van der Waals surface area contributed by atoms with Crippen molar-refractivity contribution in [1.29, 1.82) is 0 Å². The number of aryl methyl sites for hydroxylation is 2. The van der Waals surface area contributed by atoms with Crippen LogP contribution in [0, 0.1) is 0 Å². The Kier molecular flexibility index (Phi) is 3.39. The van der Waals surface area contributed by atoms with Crippen molar-refractivity contribution >= 4 is 15.7 Å². The van der Waals surface area contributed by atoms with Gasteiger partial charge in [0.25, 0.3) is 11.5 Å². The van der Waals surface area contributed by atoms with Gasteiger partial charge in [-0.3, -0.25) is 9.59 Å². The summed E-state index contributed by atoms with van der Waals surface area (Å²) in [5, 5.41) is 0. The van der Waals surface area contributed by atoms with Gasteiger partial charge in [-0.15, -0.1) is 0 Å². The van der Waals surface area contributed by atoms with Gasteiger partial charge in [0.05, 0.1) is 11.5 Å². The molecule has 6 nitrogen and oxygen atoms in total. The van der Waals surface area contributed by atoms with E-state index >= 15 is 0 Å². The van der Waals surface area contributed by atoms with E-state index in [2.05, 4.69) is 4.98 Å². The number of H-pyrrole nitrogens is 1. The largest absolute Gasteiger partial charge is 0.337 e. The number of carbonyl (C=O) groups excluding carboxylic acids is 1. The number of carbonyl (C=O) groups is 1. The Morgan fingerprint density at radius 2 is 2.14 bits per heavy atom. The summed E-state index contributed by atoms with van der Waals surface area (Å²) in [6, 6.07) is 1.33. The van der Waals surface area contributed by atoms with E-state index in [1.165, 1.54) is 4.90 Å². The number of nitrogens with one attached hydrogen (secondary N) is 1. The molecule has 0 saturated carbocycles. The Morgan fingerprint density at radius 3 is 2.81 bits per heavy atom. The second-order valence-electron chi connectivity index (χ2n) is 5.84. The summed E-state index contributed by atoms with van der Waals surface area (Å²) in [5.41, 5.74) is 1.67. The molecule has 1 aliphatic carbocycles. The highest BCUT2D eigenvalue weighted by Crippen LogP contribution is 2.21. The Balaban J connectivity index is 1.87. The molecule has 1 fully saturated rings. The molecule has 21 heavy (non-hydrogen) atoms. The van der Waals surface area contributed by atoms with Gasteiger partial charge in [0.2, 0.25) is 0 Å². The molecule has 1 atom stereocenters. The quantitative estimate of drug-likeness (QED) is 0.840. The maximum atomic E-state index is 12.5. The molecule has 1 aromatic heterocycles. The molecule has 114 valence electrons. The molecule has 1 amide bonds. The van der Waals surface area contributed by atoms with E-state index in [0.717, 1.165) is 30.5 Å². The third-order valence-corrected chi connectivity index (χ3v) is 6.15. The monoisotopic (exact) mass is 310 g/mol. The fourth-order valence-corrected chi connectivity index (χ4v) is 4.88. The molecule has 1 aliphatic heterocycles. The van der Waals surface area contributed by atoms with Gasteiger partial charge >= 0.3 is 0 Å². The van der Waals surface area contributed by atoms with Crippen LogP contribution < -0.4 is 5.56 Å². The van der Waals surface area contributed by atoms with Crippen LogP contribution in [-0.4, -0.2) is 48.8 Å². The summed E-state index contributed by atoms with van der Waals surface area (Å²) in [5.74, 6) is -0.304. The number of rotatable bonds is 2. The van der Waals surface area contributed by atoms with E-state index in [-0.39, 0.29) is 28.7 Å². The summed E-state index contributed by atoms with van der Waals surface area (Å²) in [6.07, 6.45) is 3.14. The van der Waals surface area contributed by atoms with E-state index in [9.17, 15) is 18.0 Å². The van der Waals surface area contributed by atoms with Crippen LogP contribution in [0.2, 0.25) is 0 Å². The molecule has 0 spiro atoms. The highest BCUT2D eigenvalue weighted by atomic mass is 32.2. The van der Waals surface area contributed by atoms with Crippen LogP contribution in [0.5, 0.6) is 0 Å². The molecule has 0 aromatic carbocycles. The SMILES string of the molecule is CN(C(=O)c1cc2c([nH]c1=O)CCC2)[C@H]1CCS(=O)(=O)C1. The highest BCUT2D eigenvalue weighted by molar-refractivity contribution is 7.91. The molecule has 1 aromatic rings. The lowest BCUT2D eigenvalue weighted by molar-refractivity contribution is 0.0745. The van der Waals surface area contributed by atoms with Crippen LogP contribution in [0.4, 0.5) is 0 Å². The van der Waals surface area contributed by atoms with Crippen molar-refractivity contribution in [1.82, 2.24) is 9.88 Å². The minimum Gasteiger partial charge on any atom is -0.337 e. The molecule has 1 N–H and O–H groups in total. The lowest BCUT2D eigenvalue weighted by atomic mass is 10.1. The number of hydrogen-bond donors (Lipinski definition) is 1. The zero-order chi connectivity index (χ0) is 15.2. The fourth-order valence-electron chi connectivity index (χ4n) is 3.11. The van der Waals surface area contributed by atoms with E-state index in [1.807, 2.05) is 0 Å². The smallest absolute Gasteiger partial charge is 0.261 e. The molecule has 0 bridgehead atoms. The molecular formula is C14H18N2O4S. The third kappa shape index (κ3) is 2.62. The topological polar surface area (TPSA) is 87.3 Å². The first kappa shape index (κ1) is 14.3. The number of pyridine rings is 1. The first-order chi connectivity index (χ1) is 9.87. The molecule has 3 rings (SSSR count). The normalized spacial score (nSPS) is 23.0. The summed E-state index contributed by atoms with van der Waals surface area (Å²) in [6.45, 7) is 0. The molecule has 7 heteroatoms. The van der Waals surface area contributed by atoms with Crippen LogP contribution in [0.15, 0.2) is 10.9 Å². The number of aromatic nitrogens is 1. The Labute approximate surface area is 123 Å². The van der Waals surface area contributed by atoms with Crippen LogP contribution in [0.25, 0.3) is 0 Å². The van der Waals surface area contributed by atoms with Crippen LogP contribution >= 0.6 is 0 Å². The van der Waals surface area contributed by atoms with Gasteiger partial charge in [0, 0.05) is 18.8 Å². The maximum Gasteiger partial charge on any atom is 0.261 e. The summed E-state index contributed by atoms with van der Waals surface area (Å²) >= 11 is 0. The maximum absolute atomic E-state index is 12.5. The molecular weight excluding hydrogens is 292 g/mol. The fraction of sp³-hybridized carbons (Fsp3) is 0.571. The number of aromatic amines is 1. The standard InChI is InChI=1S/C14H18N2O4S/c1-16(10-5-6-21(19,20)8-10)14(18)11-7-9-3-2-4-12(9)15-13(11)17/h7,10H,2-6,8H2,1H3,(H,15,17)/t10-/m0/s1. The van der Waals surface area contributed by atoms with E-state index in [1.54, 1.807) is 13.1 Å². The third-order valence-electron chi connectivity index (χ3n) is 4.39. The summed E-state index contributed by atoms with van der Waals surface area (Å²) in [4.78, 5) is 28.7. The van der Waals surface area contributed by atoms with Crippen molar-refractivity contribution in [2.45, 2.75) is 31.7 Å². The Hall–Kier alpha value is -1.63. The number of nitrogens with zero attached hydrogens (tertiary/aromatic N) is 1. The zero-order valence-corrected chi connectivity index (χ0v) is 12.7. The Morgan fingerprint density at radius 1 is 1.38 bits per heavy atom. The van der Waals surface area contributed by atoms with Crippen LogP contribution in [-0.2, 0) is 22.7 Å². The lowest BCUT2D eigenvalue weighted by Gasteiger charge is -2.23. The van der Waals surface area contributed by atoms with Gasteiger partial charge in [-0.2, -0.15) is 0 Å². The van der Waals surface area contributed by atoms with Gasteiger partial charge in [0.1, 0.15) is 5.56 Å². The van der Waals surface area contributed by atoms with Crippen molar-refractivity contribution in [3.63, 3.8) is 0 Å². The van der Waals surface area contributed by atoms with E-state index in [4.69, 9.17) is 0 Å². The zero-order valence-electron chi connectivity index (χ0n) is 11.9. The number of sulfone groups is 1. The van der Waals surface area contributed by atoms with E-state index in [0.29, 0.717) is 6.42 Å². The Bertz CT molecular complexity index is 751. The van der Waals surface area contributed by atoms with Gasteiger partial charge in [0.15, 0.2) is 9.84 Å². The van der Waals surface area contributed by atoms with Crippen molar-refractivity contribution in [2.75, 3.05) is 18.6 Å². The van der Waals surface area contributed by atoms with Crippen LogP contribution in [0.3, 0.4) is 0 Å². The molecule has 0 unspecified atom stereocenters. The molecule has 2 aliphatic rings. The minimum absolute atomic E-state index is 0.0158. The summed E-state index contributed by atoms with van der Waals surface area (Å²) in [7, 11) is -1.49. The number of fused-ring (bicyclic) bond motifs is 1. The molecule has 1 saturated heterocycles. The lowest BCUT2D eigenvalue weighted by Crippen LogP contribution is -2.40. The van der Waals surface area contributed by atoms with E-state index < -0.39 is 15.7 Å².